The number of aromatic nitrogens is 2. The number of nitrogens with zero attached hydrogens (tertiary/aromatic N) is 1. The molecule has 0 saturated carbocycles. The zero-order chi connectivity index (χ0) is 10.2. The Kier molecular flexibility index (Phi) is 2.36. The molecule has 0 saturated heterocycles. The van der Waals surface area contributed by atoms with Crippen LogP contribution in [-0.4, -0.2) is 9.97 Å². The van der Waals surface area contributed by atoms with E-state index in [0.717, 1.165) is 0 Å². The lowest BCUT2D eigenvalue weighted by molar-refractivity contribution is -0.141. The van der Waals surface area contributed by atoms with E-state index in [1.807, 2.05) is 0 Å². The summed E-state index contributed by atoms with van der Waals surface area (Å²) < 4.78 is 36.7. The van der Waals surface area contributed by atoms with Gasteiger partial charge in [0.15, 0.2) is 5.69 Å². The lowest BCUT2D eigenvalue weighted by Crippen LogP contribution is -2.07. The fourth-order valence-electron chi connectivity index (χ4n) is 1.03. The number of imidazole rings is 1. The number of aromatic amines is 1. The van der Waals surface area contributed by atoms with Crippen molar-refractivity contribution in [1.29, 1.82) is 0 Å². The van der Waals surface area contributed by atoms with Gasteiger partial charge in [0.05, 0.1) is 0 Å². The van der Waals surface area contributed by atoms with Crippen molar-refractivity contribution in [2.24, 2.45) is 0 Å². The van der Waals surface area contributed by atoms with Gasteiger partial charge in [0, 0.05) is 11.6 Å². The average Bonchev–Trinajstić information content (AvgIpc) is 2.29. The van der Waals surface area contributed by atoms with Gasteiger partial charge < -0.3 is 4.98 Å². The predicted molar refractivity (Wildman–Crippen MR) is 42.4 cm³/mol. The highest BCUT2D eigenvalue weighted by molar-refractivity contribution is 5.17. The van der Waals surface area contributed by atoms with Crippen LogP contribution in [0.15, 0.2) is 0 Å². The van der Waals surface area contributed by atoms with E-state index in [4.69, 9.17) is 0 Å². The van der Waals surface area contributed by atoms with Gasteiger partial charge in [0.1, 0.15) is 5.82 Å². The molecule has 0 spiro atoms. The number of nitrogens with one attached hydrogen (secondary N) is 1. The highest BCUT2D eigenvalue weighted by Crippen LogP contribution is 2.30. The molecule has 1 aromatic heterocycles. The summed E-state index contributed by atoms with van der Waals surface area (Å²) in [6.45, 7) is 4.96. The summed E-state index contributed by atoms with van der Waals surface area (Å²) >= 11 is 0. The molecular formula is C8H11F3N2. The van der Waals surface area contributed by atoms with Gasteiger partial charge in [0.2, 0.25) is 0 Å². The molecule has 1 N–H and O–H groups in total. The number of halogens is 3. The Morgan fingerprint density at radius 2 is 1.85 bits per heavy atom. The molecular weight excluding hydrogens is 181 g/mol. The fraction of sp³-hybridized carbons (Fsp3) is 0.625. The van der Waals surface area contributed by atoms with Crippen molar-refractivity contribution in [2.75, 3.05) is 0 Å². The molecule has 13 heavy (non-hydrogen) atoms. The molecule has 0 aromatic carbocycles. The molecule has 0 unspecified atom stereocenters. The molecule has 1 aromatic rings. The molecule has 2 nitrogen and oxygen atoms in total. The van der Waals surface area contributed by atoms with Crippen LogP contribution in [0.5, 0.6) is 0 Å². The van der Waals surface area contributed by atoms with E-state index in [1.54, 1.807) is 13.8 Å². The van der Waals surface area contributed by atoms with E-state index >= 15 is 0 Å². The van der Waals surface area contributed by atoms with Gasteiger partial charge in [-0.2, -0.15) is 13.2 Å². The van der Waals surface area contributed by atoms with Crippen molar-refractivity contribution in [1.82, 2.24) is 9.97 Å². The Morgan fingerprint density at radius 1 is 1.31 bits per heavy atom. The predicted octanol–water partition coefficient (Wildman–Crippen LogP) is 2.86. The highest BCUT2D eigenvalue weighted by atomic mass is 19.4. The second-order valence-electron chi connectivity index (χ2n) is 3.25. The second kappa shape index (κ2) is 3.05. The second-order valence-corrected chi connectivity index (χ2v) is 3.25. The van der Waals surface area contributed by atoms with Crippen molar-refractivity contribution in [2.45, 2.75) is 32.9 Å². The average molecular weight is 192 g/mol. The first kappa shape index (κ1) is 10.1. The van der Waals surface area contributed by atoms with Crippen LogP contribution >= 0.6 is 0 Å². The third kappa shape index (κ3) is 2.02. The third-order valence-corrected chi connectivity index (χ3v) is 1.72. The van der Waals surface area contributed by atoms with Gasteiger partial charge in [-0.1, -0.05) is 13.8 Å². The van der Waals surface area contributed by atoms with Crippen LogP contribution in [-0.2, 0) is 6.18 Å². The number of hydrogen-bond acceptors (Lipinski definition) is 1. The Balaban J connectivity index is 3.11. The van der Waals surface area contributed by atoms with Crippen molar-refractivity contribution in [3.05, 3.63) is 17.2 Å². The van der Waals surface area contributed by atoms with Gasteiger partial charge >= 0.3 is 6.18 Å². The first-order valence-electron chi connectivity index (χ1n) is 3.96. The molecule has 0 aliphatic rings. The lowest BCUT2D eigenvalue weighted by Gasteiger charge is -2.02. The molecule has 0 atom stereocenters. The number of rotatable bonds is 1. The minimum atomic E-state index is -4.35. The molecule has 0 aliphatic carbocycles. The normalized spacial score (nSPS) is 12.5. The minimum Gasteiger partial charge on any atom is -0.345 e. The van der Waals surface area contributed by atoms with Crippen LogP contribution in [0.1, 0.15) is 37.0 Å². The number of H-pyrrole nitrogens is 1. The van der Waals surface area contributed by atoms with Gasteiger partial charge in [-0.15, -0.1) is 0 Å². The van der Waals surface area contributed by atoms with Crippen molar-refractivity contribution in [3.8, 4) is 0 Å². The fourth-order valence-corrected chi connectivity index (χ4v) is 1.03. The maximum Gasteiger partial charge on any atom is 0.435 e. The summed E-state index contributed by atoms with van der Waals surface area (Å²) in [6, 6.07) is 0. The molecule has 5 heteroatoms. The van der Waals surface area contributed by atoms with Crippen LogP contribution in [0.3, 0.4) is 0 Å². The van der Waals surface area contributed by atoms with Crippen molar-refractivity contribution < 1.29 is 13.2 Å². The molecule has 0 amide bonds. The van der Waals surface area contributed by atoms with Crippen molar-refractivity contribution in [3.63, 3.8) is 0 Å². The monoisotopic (exact) mass is 192 g/mol. The molecule has 1 rings (SSSR count). The third-order valence-electron chi connectivity index (χ3n) is 1.72. The Bertz CT molecular complexity index is 299. The first-order valence-corrected chi connectivity index (χ1v) is 3.96. The smallest absolute Gasteiger partial charge is 0.345 e. The zero-order valence-corrected chi connectivity index (χ0v) is 7.66. The summed E-state index contributed by atoms with van der Waals surface area (Å²) in [5, 5.41) is 0. The van der Waals surface area contributed by atoms with Gasteiger partial charge in [0.25, 0.3) is 0 Å². The Morgan fingerprint density at radius 3 is 2.08 bits per heavy atom. The largest absolute Gasteiger partial charge is 0.435 e. The standard InChI is InChI=1S/C8H11F3N2/c1-4(2)7-12-5(3)6(13-7)8(9,10)11/h4H,1-3H3,(H,12,13). The Hall–Kier alpha value is -1.00. The number of aryl methyl sites for hydroxylation is 1. The van der Waals surface area contributed by atoms with Crippen LogP contribution in [0.4, 0.5) is 13.2 Å². The molecule has 0 aliphatic heterocycles. The summed E-state index contributed by atoms with van der Waals surface area (Å²) in [5.74, 6) is 0.361. The molecule has 0 fully saturated rings. The van der Waals surface area contributed by atoms with Crippen LogP contribution < -0.4 is 0 Å². The van der Waals surface area contributed by atoms with Crippen LogP contribution in [0.2, 0.25) is 0 Å². The number of hydrogen-bond donors (Lipinski definition) is 1. The highest BCUT2D eigenvalue weighted by Gasteiger charge is 2.36. The van der Waals surface area contributed by atoms with Gasteiger partial charge in [-0.3, -0.25) is 0 Å². The SMILES string of the molecule is Cc1[nH]c(C(C)C)nc1C(F)(F)F. The van der Waals surface area contributed by atoms with Crippen LogP contribution in [0, 0.1) is 6.92 Å². The van der Waals surface area contributed by atoms with E-state index in [1.165, 1.54) is 6.92 Å². The summed E-state index contributed by atoms with van der Waals surface area (Å²) in [5.41, 5.74) is -0.729. The lowest BCUT2D eigenvalue weighted by atomic mass is 10.2. The zero-order valence-electron chi connectivity index (χ0n) is 7.66. The topological polar surface area (TPSA) is 28.7 Å². The minimum absolute atomic E-state index is 0.0187. The van der Waals surface area contributed by atoms with E-state index < -0.39 is 11.9 Å². The van der Waals surface area contributed by atoms with E-state index in [2.05, 4.69) is 9.97 Å². The van der Waals surface area contributed by atoms with Crippen molar-refractivity contribution >= 4 is 0 Å². The Labute approximate surface area is 74.2 Å². The molecule has 74 valence electrons. The quantitative estimate of drug-likeness (QED) is 0.728. The summed E-state index contributed by atoms with van der Waals surface area (Å²) in [7, 11) is 0. The maximum absolute atomic E-state index is 12.2. The first-order chi connectivity index (χ1) is 5.82. The summed E-state index contributed by atoms with van der Waals surface area (Å²) in [4.78, 5) is 6.12. The molecule has 1 heterocycles. The maximum atomic E-state index is 12.2. The number of alkyl halides is 3. The summed E-state index contributed by atoms with van der Waals surface area (Å²) in [6.07, 6.45) is -4.35. The molecule has 0 radical (unpaired) electrons. The van der Waals surface area contributed by atoms with Crippen LogP contribution in [0.25, 0.3) is 0 Å². The van der Waals surface area contributed by atoms with E-state index in [-0.39, 0.29) is 11.6 Å². The van der Waals surface area contributed by atoms with E-state index in [0.29, 0.717) is 5.82 Å². The van der Waals surface area contributed by atoms with E-state index in [9.17, 15) is 13.2 Å². The van der Waals surface area contributed by atoms with Gasteiger partial charge in [-0.25, -0.2) is 4.98 Å². The van der Waals surface area contributed by atoms with Gasteiger partial charge in [-0.05, 0) is 6.92 Å². The molecule has 0 bridgehead atoms.